The van der Waals surface area contributed by atoms with Gasteiger partial charge < -0.3 is 5.32 Å². The van der Waals surface area contributed by atoms with E-state index in [4.69, 9.17) is 16.6 Å². The summed E-state index contributed by atoms with van der Waals surface area (Å²) >= 11 is 7.83. The Bertz CT molecular complexity index is 1150. The predicted octanol–water partition coefficient (Wildman–Crippen LogP) is 6.69. The van der Waals surface area contributed by atoms with Crippen LogP contribution in [0.2, 0.25) is 5.02 Å². The van der Waals surface area contributed by atoms with Crippen LogP contribution < -0.4 is 5.32 Å². The molecule has 0 aliphatic carbocycles. The molecule has 0 aliphatic heterocycles. The van der Waals surface area contributed by atoms with Crippen molar-refractivity contribution < 1.29 is 4.79 Å². The Kier molecular flexibility index (Phi) is 5.24. The Morgan fingerprint density at radius 1 is 1.00 bits per heavy atom. The topological polar surface area (TPSA) is 42.0 Å². The zero-order valence-electron chi connectivity index (χ0n) is 15.1. The van der Waals surface area contributed by atoms with Crippen LogP contribution >= 0.6 is 22.9 Å². The highest BCUT2D eigenvalue weighted by atomic mass is 35.5. The molecule has 5 heteroatoms. The Hall–Kier alpha value is -2.95. The van der Waals surface area contributed by atoms with Gasteiger partial charge >= 0.3 is 0 Å². The molecule has 0 aliphatic rings. The summed E-state index contributed by atoms with van der Waals surface area (Å²) in [7, 11) is 0. The van der Waals surface area contributed by atoms with Crippen molar-refractivity contribution in [2.45, 2.75) is 6.92 Å². The highest BCUT2D eigenvalue weighted by Gasteiger charge is 2.11. The first-order chi connectivity index (χ1) is 13.6. The fourth-order valence-electron chi connectivity index (χ4n) is 2.91. The molecule has 0 saturated carbocycles. The number of hydrogen-bond donors (Lipinski definition) is 1. The minimum Gasteiger partial charge on any atom is -0.322 e. The van der Waals surface area contributed by atoms with Crippen molar-refractivity contribution in [3.05, 3.63) is 94.3 Å². The highest BCUT2D eigenvalue weighted by Crippen LogP contribution is 2.33. The van der Waals surface area contributed by atoms with Gasteiger partial charge in [-0.05, 0) is 37.3 Å². The van der Waals surface area contributed by atoms with Crippen LogP contribution in [-0.4, -0.2) is 10.9 Å². The van der Waals surface area contributed by atoms with Gasteiger partial charge in [0.25, 0.3) is 5.91 Å². The number of hydrogen-bond acceptors (Lipinski definition) is 3. The number of anilines is 1. The van der Waals surface area contributed by atoms with Crippen LogP contribution in [0.1, 0.15) is 15.9 Å². The first-order valence-corrected chi connectivity index (χ1v) is 10.0. The van der Waals surface area contributed by atoms with Crippen LogP contribution in [0.15, 0.2) is 78.2 Å². The van der Waals surface area contributed by atoms with E-state index in [2.05, 4.69) is 5.32 Å². The summed E-state index contributed by atoms with van der Waals surface area (Å²) in [4.78, 5) is 17.2. The number of nitrogens with one attached hydrogen (secondary N) is 1. The maximum absolute atomic E-state index is 12.5. The van der Waals surface area contributed by atoms with Crippen LogP contribution in [0.25, 0.3) is 21.8 Å². The number of thiazole rings is 1. The van der Waals surface area contributed by atoms with Gasteiger partial charge in [0.1, 0.15) is 5.01 Å². The van der Waals surface area contributed by atoms with E-state index in [9.17, 15) is 4.79 Å². The largest absolute Gasteiger partial charge is 0.322 e. The van der Waals surface area contributed by atoms with Gasteiger partial charge in [-0.3, -0.25) is 4.79 Å². The first-order valence-electron chi connectivity index (χ1n) is 8.79. The molecule has 28 heavy (non-hydrogen) atoms. The number of benzene rings is 3. The fraction of sp³-hybridized carbons (Fsp3) is 0.0435. The normalized spacial score (nSPS) is 10.6. The van der Waals surface area contributed by atoms with Crippen molar-refractivity contribution in [2.24, 2.45) is 0 Å². The van der Waals surface area contributed by atoms with Gasteiger partial charge in [0.2, 0.25) is 0 Å². The van der Waals surface area contributed by atoms with Crippen molar-refractivity contribution in [1.82, 2.24) is 4.98 Å². The van der Waals surface area contributed by atoms with E-state index in [0.717, 1.165) is 33.1 Å². The van der Waals surface area contributed by atoms with Gasteiger partial charge in [-0.2, -0.15) is 0 Å². The van der Waals surface area contributed by atoms with Crippen molar-refractivity contribution in [1.29, 1.82) is 0 Å². The van der Waals surface area contributed by atoms with Gasteiger partial charge in [-0.15, -0.1) is 11.3 Å². The van der Waals surface area contributed by atoms with E-state index >= 15 is 0 Å². The standard InChI is InChI=1S/C23H17ClN2OS/c1-15-6-4-8-17(12-15)22(27)25-18-9-5-7-16(13-18)21-14-28-23(26-21)19-10-2-3-11-20(19)24/h2-14H,1H3,(H,25,27). The molecule has 1 amide bonds. The molecule has 3 nitrogen and oxygen atoms in total. The number of nitrogens with zero attached hydrogens (tertiary/aromatic N) is 1. The second-order valence-corrected chi connectivity index (χ2v) is 7.69. The van der Waals surface area contributed by atoms with Gasteiger partial charge in [0.05, 0.1) is 10.7 Å². The van der Waals surface area contributed by atoms with E-state index < -0.39 is 0 Å². The molecule has 1 N–H and O–H groups in total. The maximum atomic E-state index is 12.5. The van der Waals surface area contributed by atoms with E-state index in [1.165, 1.54) is 0 Å². The molecule has 0 fully saturated rings. The number of aromatic nitrogens is 1. The fourth-order valence-corrected chi connectivity index (χ4v) is 4.06. The second-order valence-electron chi connectivity index (χ2n) is 6.42. The molecule has 4 rings (SSSR count). The summed E-state index contributed by atoms with van der Waals surface area (Å²) in [6.07, 6.45) is 0. The second kappa shape index (κ2) is 7.97. The van der Waals surface area contributed by atoms with E-state index in [1.807, 2.05) is 85.1 Å². The quantitative estimate of drug-likeness (QED) is 0.411. The molecule has 0 atom stereocenters. The summed E-state index contributed by atoms with van der Waals surface area (Å²) in [6, 6.07) is 22.9. The minimum atomic E-state index is -0.129. The maximum Gasteiger partial charge on any atom is 0.255 e. The molecule has 0 unspecified atom stereocenters. The molecule has 0 spiro atoms. The first kappa shape index (κ1) is 18.4. The lowest BCUT2D eigenvalue weighted by Crippen LogP contribution is -2.11. The summed E-state index contributed by atoms with van der Waals surface area (Å²) in [5, 5.41) is 6.51. The molecule has 138 valence electrons. The lowest BCUT2D eigenvalue weighted by molar-refractivity contribution is 0.102. The van der Waals surface area contributed by atoms with Crippen LogP contribution in [-0.2, 0) is 0 Å². The minimum absolute atomic E-state index is 0.129. The highest BCUT2D eigenvalue weighted by molar-refractivity contribution is 7.13. The number of amides is 1. The molecule has 0 bridgehead atoms. The smallest absolute Gasteiger partial charge is 0.255 e. The molecule has 0 radical (unpaired) electrons. The van der Waals surface area contributed by atoms with Gasteiger partial charge in [-0.25, -0.2) is 4.98 Å². The molecular weight excluding hydrogens is 388 g/mol. The zero-order chi connectivity index (χ0) is 19.5. The van der Waals surface area contributed by atoms with Crippen LogP contribution in [0, 0.1) is 6.92 Å². The SMILES string of the molecule is Cc1cccc(C(=O)Nc2cccc(-c3csc(-c4ccccc4Cl)n3)c2)c1. The number of carbonyl (C=O) groups excluding carboxylic acids is 1. The molecule has 4 aromatic rings. The van der Waals surface area contributed by atoms with E-state index in [0.29, 0.717) is 10.6 Å². The zero-order valence-corrected chi connectivity index (χ0v) is 16.7. The van der Waals surface area contributed by atoms with Gasteiger partial charge in [-0.1, -0.05) is 59.6 Å². The van der Waals surface area contributed by atoms with Crippen molar-refractivity contribution in [3.8, 4) is 21.8 Å². The number of aryl methyl sites for hydroxylation is 1. The van der Waals surface area contributed by atoms with Crippen molar-refractivity contribution in [3.63, 3.8) is 0 Å². The molecule has 1 heterocycles. The molecular formula is C23H17ClN2OS. The number of halogens is 1. The average molecular weight is 405 g/mol. The molecule has 0 saturated heterocycles. The molecule has 3 aromatic carbocycles. The Morgan fingerprint density at radius 2 is 1.82 bits per heavy atom. The van der Waals surface area contributed by atoms with Crippen LogP contribution in [0.4, 0.5) is 5.69 Å². The van der Waals surface area contributed by atoms with Crippen LogP contribution in [0.3, 0.4) is 0 Å². The van der Waals surface area contributed by atoms with E-state index in [1.54, 1.807) is 11.3 Å². The summed E-state index contributed by atoms with van der Waals surface area (Å²) < 4.78 is 0. The molecule has 1 aromatic heterocycles. The average Bonchev–Trinajstić information content (AvgIpc) is 3.18. The summed E-state index contributed by atoms with van der Waals surface area (Å²) in [6.45, 7) is 1.97. The Balaban J connectivity index is 1.58. The third kappa shape index (κ3) is 3.98. The van der Waals surface area contributed by atoms with Gasteiger partial charge in [0, 0.05) is 27.8 Å². The number of rotatable bonds is 4. The Morgan fingerprint density at radius 3 is 2.64 bits per heavy atom. The lowest BCUT2D eigenvalue weighted by atomic mass is 10.1. The van der Waals surface area contributed by atoms with Crippen LogP contribution in [0.5, 0.6) is 0 Å². The summed E-state index contributed by atoms with van der Waals surface area (Å²) in [5.41, 5.74) is 5.14. The van der Waals surface area contributed by atoms with Gasteiger partial charge in [0.15, 0.2) is 0 Å². The third-order valence-electron chi connectivity index (χ3n) is 4.30. The summed E-state index contributed by atoms with van der Waals surface area (Å²) in [5.74, 6) is -0.129. The monoisotopic (exact) mass is 404 g/mol. The number of carbonyl (C=O) groups is 1. The lowest BCUT2D eigenvalue weighted by Gasteiger charge is -2.07. The van der Waals surface area contributed by atoms with E-state index in [-0.39, 0.29) is 5.91 Å². The predicted molar refractivity (Wildman–Crippen MR) is 117 cm³/mol. The van der Waals surface area contributed by atoms with Crippen molar-refractivity contribution in [2.75, 3.05) is 5.32 Å². The van der Waals surface area contributed by atoms with Crippen molar-refractivity contribution >= 4 is 34.5 Å². The third-order valence-corrected chi connectivity index (χ3v) is 5.51. The Labute approximate surface area is 172 Å².